The van der Waals surface area contributed by atoms with Gasteiger partial charge in [0.1, 0.15) is 0 Å². The van der Waals surface area contributed by atoms with Gasteiger partial charge in [0, 0.05) is 18.9 Å². The fourth-order valence-electron chi connectivity index (χ4n) is 1.76. The molecular weight excluding hydrogens is 337 g/mol. The third-order valence-corrected chi connectivity index (χ3v) is 3.50. The Bertz CT molecular complexity index is 742. The van der Waals surface area contributed by atoms with Crippen LogP contribution in [0, 0.1) is 0 Å². The van der Waals surface area contributed by atoms with Gasteiger partial charge < -0.3 is 10.6 Å². The molecule has 0 aliphatic rings. The number of hydrogen-bond donors (Lipinski definition) is 2. The van der Waals surface area contributed by atoms with E-state index in [0.29, 0.717) is 22.3 Å². The second-order valence-electron chi connectivity index (χ2n) is 4.51. The molecule has 0 saturated heterocycles. The molecule has 23 heavy (non-hydrogen) atoms. The molecule has 1 aromatic heterocycles. The Kier molecular flexibility index (Phi) is 5.73. The number of rotatable bonds is 5. The highest BCUT2D eigenvalue weighted by Crippen LogP contribution is 2.30. The van der Waals surface area contributed by atoms with Crippen molar-refractivity contribution in [1.29, 1.82) is 0 Å². The van der Waals surface area contributed by atoms with Gasteiger partial charge >= 0.3 is 0 Å². The fraction of sp³-hybridized carbons (Fsp3) is 0.0625. The molecule has 2 aromatic rings. The lowest BCUT2D eigenvalue weighted by molar-refractivity contribution is 0.0957. The van der Waals surface area contributed by atoms with Gasteiger partial charge in [0.25, 0.3) is 11.8 Å². The van der Waals surface area contributed by atoms with Crippen LogP contribution in [0.3, 0.4) is 0 Å². The highest BCUT2D eigenvalue weighted by Gasteiger charge is 2.14. The summed E-state index contributed by atoms with van der Waals surface area (Å²) in [5, 5.41) is 5.86. The van der Waals surface area contributed by atoms with E-state index in [4.69, 9.17) is 23.2 Å². The first-order valence-corrected chi connectivity index (χ1v) is 7.38. The number of halogens is 2. The van der Waals surface area contributed by atoms with Crippen LogP contribution >= 0.6 is 23.2 Å². The predicted molar refractivity (Wildman–Crippen MR) is 91.2 cm³/mol. The van der Waals surface area contributed by atoms with E-state index in [1.165, 1.54) is 18.5 Å². The van der Waals surface area contributed by atoms with E-state index in [1.807, 2.05) is 0 Å². The van der Waals surface area contributed by atoms with Gasteiger partial charge in [0.05, 0.1) is 26.9 Å². The minimum Gasteiger partial charge on any atom is -0.349 e. The maximum Gasteiger partial charge on any atom is 0.257 e. The molecule has 0 aliphatic heterocycles. The van der Waals surface area contributed by atoms with Crippen LogP contribution in [0.15, 0.2) is 49.3 Å². The highest BCUT2D eigenvalue weighted by atomic mass is 35.5. The number of carbonyl (C=O) groups excluding carboxylic acids is 2. The van der Waals surface area contributed by atoms with Crippen molar-refractivity contribution in [2.75, 3.05) is 11.9 Å². The SMILES string of the molecule is C=CCNC(=O)c1cncc(C(=O)Nc2c(Cl)cccc2Cl)c1. The van der Waals surface area contributed by atoms with Crippen molar-refractivity contribution >= 4 is 40.7 Å². The summed E-state index contributed by atoms with van der Waals surface area (Å²) in [7, 11) is 0. The summed E-state index contributed by atoms with van der Waals surface area (Å²) < 4.78 is 0. The molecule has 0 saturated carbocycles. The number of hydrogen-bond acceptors (Lipinski definition) is 3. The number of amides is 2. The van der Waals surface area contributed by atoms with Crippen molar-refractivity contribution in [3.63, 3.8) is 0 Å². The molecular formula is C16H13Cl2N3O2. The summed E-state index contributed by atoms with van der Waals surface area (Å²) in [4.78, 5) is 28.1. The molecule has 5 nitrogen and oxygen atoms in total. The summed E-state index contributed by atoms with van der Waals surface area (Å²) in [5.74, 6) is -0.811. The van der Waals surface area contributed by atoms with Crippen molar-refractivity contribution in [3.8, 4) is 0 Å². The van der Waals surface area contributed by atoms with Gasteiger partial charge in [-0.25, -0.2) is 0 Å². The lowest BCUT2D eigenvalue weighted by Gasteiger charge is -2.09. The summed E-state index contributed by atoms with van der Waals surface area (Å²) in [6.07, 6.45) is 4.28. The lowest BCUT2D eigenvalue weighted by atomic mass is 10.2. The van der Waals surface area contributed by atoms with Gasteiger partial charge in [-0.1, -0.05) is 35.3 Å². The molecule has 0 atom stereocenters. The lowest BCUT2D eigenvalue weighted by Crippen LogP contribution is -2.24. The predicted octanol–water partition coefficient (Wildman–Crippen LogP) is 3.56. The van der Waals surface area contributed by atoms with E-state index in [2.05, 4.69) is 22.2 Å². The van der Waals surface area contributed by atoms with Gasteiger partial charge in [-0.3, -0.25) is 14.6 Å². The molecule has 0 spiro atoms. The third-order valence-electron chi connectivity index (χ3n) is 2.87. The molecule has 1 heterocycles. The average Bonchev–Trinajstić information content (AvgIpc) is 2.56. The van der Waals surface area contributed by atoms with Crippen LogP contribution in [-0.2, 0) is 0 Å². The van der Waals surface area contributed by atoms with Crippen molar-refractivity contribution in [3.05, 3.63) is 70.5 Å². The van der Waals surface area contributed by atoms with Gasteiger partial charge in [-0.05, 0) is 18.2 Å². The van der Waals surface area contributed by atoms with Crippen LogP contribution in [0.25, 0.3) is 0 Å². The van der Waals surface area contributed by atoms with Gasteiger partial charge in [0.15, 0.2) is 0 Å². The molecule has 0 unspecified atom stereocenters. The number of para-hydroxylation sites is 1. The number of benzene rings is 1. The average molecular weight is 350 g/mol. The maximum atomic E-state index is 12.3. The Hall–Kier alpha value is -2.37. The largest absolute Gasteiger partial charge is 0.349 e. The first kappa shape index (κ1) is 17.0. The molecule has 0 bridgehead atoms. The summed E-state index contributed by atoms with van der Waals surface area (Å²) in [5.41, 5.74) is 0.791. The van der Waals surface area contributed by atoms with E-state index in [-0.39, 0.29) is 17.0 Å². The molecule has 1 aromatic carbocycles. The number of pyridine rings is 1. The van der Waals surface area contributed by atoms with Crippen LogP contribution < -0.4 is 10.6 Å². The molecule has 2 rings (SSSR count). The second-order valence-corrected chi connectivity index (χ2v) is 5.33. The number of nitrogens with one attached hydrogen (secondary N) is 2. The molecule has 0 aliphatic carbocycles. The van der Waals surface area contributed by atoms with E-state index < -0.39 is 5.91 Å². The van der Waals surface area contributed by atoms with E-state index in [0.717, 1.165) is 0 Å². The first-order chi connectivity index (χ1) is 11.0. The fourth-order valence-corrected chi connectivity index (χ4v) is 2.25. The van der Waals surface area contributed by atoms with Gasteiger partial charge in [0.2, 0.25) is 0 Å². The molecule has 2 amide bonds. The van der Waals surface area contributed by atoms with Crippen LogP contribution in [-0.4, -0.2) is 23.3 Å². The van der Waals surface area contributed by atoms with Crippen LogP contribution in [0.1, 0.15) is 20.7 Å². The number of carbonyl (C=O) groups is 2. The topological polar surface area (TPSA) is 71.1 Å². The Morgan fingerprint density at radius 2 is 1.74 bits per heavy atom. The minimum absolute atomic E-state index is 0.215. The zero-order valence-electron chi connectivity index (χ0n) is 12.0. The standard InChI is InChI=1S/C16H13Cl2N3O2/c1-2-6-20-15(22)10-7-11(9-19-8-10)16(23)21-14-12(17)4-3-5-13(14)18/h2-5,7-9H,1,6H2,(H,20,22)(H,21,23). The normalized spacial score (nSPS) is 10.0. The summed E-state index contributed by atoms with van der Waals surface area (Å²) >= 11 is 12.0. The smallest absolute Gasteiger partial charge is 0.257 e. The molecule has 7 heteroatoms. The Balaban J connectivity index is 2.20. The third kappa shape index (κ3) is 4.31. The Morgan fingerprint density at radius 3 is 2.35 bits per heavy atom. The summed E-state index contributed by atoms with van der Waals surface area (Å²) in [6.45, 7) is 3.84. The molecule has 0 fully saturated rings. The van der Waals surface area contributed by atoms with E-state index in [9.17, 15) is 9.59 Å². The van der Waals surface area contributed by atoms with Gasteiger partial charge in [-0.2, -0.15) is 0 Å². The molecule has 118 valence electrons. The minimum atomic E-state index is -0.467. The number of aromatic nitrogens is 1. The molecule has 0 radical (unpaired) electrons. The van der Waals surface area contributed by atoms with Crippen molar-refractivity contribution < 1.29 is 9.59 Å². The van der Waals surface area contributed by atoms with E-state index >= 15 is 0 Å². The zero-order valence-corrected chi connectivity index (χ0v) is 13.5. The van der Waals surface area contributed by atoms with Crippen molar-refractivity contribution in [2.24, 2.45) is 0 Å². The van der Waals surface area contributed by atoms with Crippen LogP contribution in [0.5, 0.6) is 0 Å². The Morgan fingerprint density at radius 1 is 1.13 bits per heavy atom. The second kappa shape index (κ2) is 7.76. The first-order valence-electron chi connectivity index (χ1n) is 6.62. The van der Waals surface area contributed by atoms with Crippen molar-refractivity contribution in [1.82, 2.24) is 10.3 Å². The molecule has 2 N–H and O–H groups in total. The monoisotopic (exact) mass is 349 g/mol. The highest BCUT2D eigenvalue weighted by molar-refractivity contribution is 6.40. The van der Waals surface area contributed by atoms with Gasteiger partial charge in [-0.15, -0.1) is 6.58 Å². The van der Waals surface area contributed by atoms with Crippen LogP contribution in [0.4, 0.5) is 5.69 Å². The maximum absolute atomic E-state index is 12.3. The van der Waals surface area contributed by atoms with Crippen LogP contribution in [0.2, 0.25) is 10.0 Å². The van der Waals surface area contributed by atoms with Crippen molar-refractivity contribution in [2.45, 2.75) is 0 Å². The zero-order chi connectivity index (χ0) is 16.8. The Labute approximate surface area is 143 Å². The quantitative estimate of drug-likeness (QED) is 0.810. The summed E-state index contributed by atoms with van der Waals surface area (Å²) in [6, 6.07) is 6.33. The number of anilines is 1. The number of nitrogens with zero attached hydrogens (tertiary/aromatic N) is 1. The van der Waals surface area contributed by atoms with E-state index in [1.54, 1.807) is 24.3 Å².